The topological polar surface area (TPSA) is 66.5 Å². The molecule has 0 unspecified atom stereocenters. The molecule has 0 saturated heterocycles. The predicted molar refractivity (Wildman–Crippen MR) is 115 cm³/mol. The Labute approximate surface area is 175 Å². The van der Waals surface area contributed by atoms with Crippen molar-refractivity contribution in [3.05, 3.63) is 88.4 Å². The molecule has 5 nitrogen and oxygen atoms in total. The van der Waals surface area contributed by atoms with Gasteiger partial charge in [0.15, 0.2) is 0 Å². The molecule has 3 aromatic carbocycles. The van der Waals surface area contributed by atoms with E-state index in [1.807, 2.05) is 13.0 Å². The highest BCUT2D eigenvalue weighted by atomic mass is 35.5. The fourth-order valence-electron chi connectivity index (χ4n) is 3.41. The van der Waals surface area contributed by atoms with Crippen LogP contribution in [0.1, 0.15) is 21.5 Å². The summed E-state index contributed by atoms with van der Waals surface area (Å²) in [4.78, 5) is 12.9. The van der Waals surface area contributed by atoms with Gasteiger partial charge in [-0.05, 0) is 66.9 Å². The summed E-state index contributed by atoms with van der Waals surface area (Å²) in [5.41, 5.74) is 3.48. The number of rotatable bonds is 4. The van der Waals surface area contributed by atoms with E-state index in [0.717, 1.165) is 11.1 Å². The second-order valence-electron chi connectivity index (χ2n) is 6.90. The number of nitrogens with zero attached hydrogens (tertiary/aromatic N) is 1. The summed E-state index contributed by atoms with van der Waals surface area (Å²) in [7, 11) is -3.63. The van der Waals surface area contributed by atoms with Gasteiger partial charge in [-0.15, -0.1) is 0 Å². The number of carbonyl (C=O) groups excluding carboxylic acids is 1. The standard InChI is InChI=1S/C22H19ClN2O3S/c1-15-7-9-18(23)14-20(15)24-22(26)17-8-10-21-16(13-17)11-12-25(21)29(27,28)19-5-3-2-4-6-19/h2-10,13-14H,11-12H2,1H3,(H,24,26). The van der Waals surface area contributed by atoms with Crippen LogP contribution in [0, 0.1) is 6.92 Å². The van der Waals surface area contributed by atoms with E-state index in [4.69, 9.17) is 11.6 Å². The van der Waals surface area contributed by atoms with E-state index in [2.05, 4.69) is 5.32 Å². The van der Waals surface area contributed by atoms with E-state index in [-0.39, 0.29) is 10.8 Å². The summed E-state index contributed by atoms with van der Waals surface area (Å²) in [5, 5.41) is 3.41. The summed E-state index contributed by atoms with van der Waals surface area (Å²) in [6.45, 7) is 2.24. The average molecular weight is 427 g/mol. The first-order valence-electron chi connectivity index (χ1n) is 9.14. The predicted octanol–water partition coefficient (Wildman–Crippen LogP) is 4.65. The van der Waals surface area contributed by atoms with Crippen LogP contribution in [0.3, 0.4) is 0 Å². The van der Waals surface area contributed by atoms with Gasteiger partial charge >= 0.3 is 0 Å². The normalized spacial score (nSPS) is 13.2. The van der Waals surface area contributed by atoms with Crippen molar-refractivity contribution in [1.29, 1.82) is 0 Å². The van der Waals surface area contributed by atoms with Gasteiger partial charge in [0, 0.05) is 22.8 Å². The SMILES string of the molecule is Cc1ccc(Cl)cc1NC(=O)c1ccc2c(c1)CCN2S(=O)(=O)c1ccccc1. The third-order valence-corrected chi connectivity index (χ3v) is 7.04. The zero-order chi connectivity index (χ0) is 20.6. The van der Waals surface area contributed by atoms with E-state index in [9.17, 15) is 13.2 Å². The maximum Gasteiger partial charge on any atom is 0.264 e. The molecule has 0 spiro atoms. The number of sulfonamides is 1. The second kappa shape index (κ2) is 7.54. The highest BCUT2D eigenvalue weighted by molar-refractivity contribution is 7.92. The molecule has 1 N–H and O–H groups in total. The number of nitrogens with one attached hydrogen (secondary N) is 1. The van der Waals surface area contributed by atoms with Crippen LogP contribution in [-0.4, -0.2) is 20.9 Å². The molecule has 29 heavy (non-hydrogen) atoms. The Kier molecular flexibility index (Phi) is 5.06. The molecule has 0 fully saturated rings. The van der Waals surface area contributed by atoms with Crippen LogP contribution in [0.25, 0.3) is 0 Å². The second-order valence-corrected chi connectivity index (χ2v) is 9.20. The van der Waals surface area contributed by atoms with Crippen LogP contribution in [0.15, 0.2) is 71.6 Å². The highest BCUT2D eigenvalue weighted by Crippen LogP contribution is 2.33. The van der Waals surface area contributed by atoms with Crippen LogP contribution in [-0.2, 0) is 16.4 Å². The van der Waals surface area contributed by atoms with Crippen LogP contribution in [0.5, 0.6) is 0 Å². The molecule has 148 valence electrons. The Morgan fingerprint density at radius 2 is 1.79 bits per heavy atom. The number of amides is 1. The minimum atomic E-state index is -3.63. The lowest BCUT2D eigenvalue weighted by atomic mass is 10.1. The molecule has 1 aliphatic rings. The molecule has 7 heteroatoms. The van der Waals surface area contributed by atoms with Crippen molar-refractivity contribution in [2.24, 2.45) is 0 Å². The van der Waals surface area contributed by atoms with Crippen LogP contribution in [0.4, 0.5) is 11.4 Å². The van der Waals surface area contributed by atoms with E-state index in [1.165, 1.54) is 4.31 Å². The Morgan fingerprint density at radius 3 is 2.55 bits per heavy atom. The van der Waals surface area contributed by atoms with Crippen molar-refractivity contribution in [2.45, 2.75) is 18.2 Å². The van der Waals surface area contributed by atoms with Gasteiger partial charge in [-0.2, -0.15) is 0 Å². The molecule has 0 aromatic heterocycles. The molecule has 1 aliphatic heterocycles. The first-order chi connectivity index (χ1) is 13.9. The molecule has 0 aliphatic carbocycles. The number of benzene rings is 3. The van der Waals surface area contributed by atoms with Crippen molar-refractivity contribution < 1.29 is 13.2 Å². The molecular weight excluding hydrogens is 408 g/mol. The van der Waals surface area contributed by atoms with Crippen molar-refractivity contribution >= 4 is 38.9 Å². The minimum Gasteiger partial charge on any atom is -0.322 e. The van der Waals surface area contributed by atoms with Gasteiger partial charge in [0.05, 0.1) is 10.6 Å². The van der Waals surface area contributed by atoms with Crippen LogP contribution >= 0.6 is 11.6 Å². The maximum atomic E-state index is 13.0. The van der Waals surface area contributed by atoms with Crippen molar-refractivity contribution in [3.63, 3.8) is 0 Å². The maximum absolute atomic E-state index is 13.0. The average Bonchev–Trinajstić information content (AvgIpc) is 3.15. The fraction of sp³-hybridized carbons (Fsp3) is 0.136. The number of carbonyl (C=O) groups is 1. The summed E-state index contributed by atoms with van der Waals surface area (Å²) in [6.07, 6.45) is 0.554. The van der Waals surface area contributed by atoms with Crippen LogP contribution in [0.2, 0.25) is 5.02 Å². The number of fused-ring (bicyclic) bond motifs is 1. The summed E-state index contributed by atoms with van der Waals surface area (Å²) in [5.74, 6) is -0.262. The Hall–Kier alpha value is -2.83. The van der Waals surface area contributed by atoms with Crippen molar-refractivity contribution in [2.75, 3.05) is 16.2 Å². The van der Waals surface area contributed by atoms with Gasteiger partial charge in [-0.25, -0.2) is 8.42 Å². The summed E-state index contributed by atoms with van der Waals surface area (Å²) < 4.78 is 27.3. The van der Waals surface area contributed by atoms with Gasteiger partial charge in [-0.3, -0.25) is 9.10 Å². The van der Waals surface area contributed by atoms with Crippen molar-refractivity contribution in [1.82, 2.24) is 0 Å². The lowest BCUT2D eigenvalue weighted by Crippen LogP contribution is -2.29. The first-order valence-corrected chi connectivity index (χ1v) is 11.0. The van der Waals surface area contributed by atoms with Gasteiger partial charge in [-0.1, -0.05) is 35.9 Å². The van der Waals surface area contributed by atoms with E-state index in [1.54, 1.807) is 60.7 Å². The Bertz CT molecular complexity index is 1190. The largest absolute Gasteiger partial charge is 0.322 e. The molecule has 1 amide bonds. The quantitative estimate of drug-likeness (QED) is 0.660. The van der Waals surface area contributed by atoms with E-state index >= 15 is 0 Å². The fourth-order valence-corrected chi connectivity index (χ4v) is 5.10. The molecule has 1 heterocycles. The third kappa shape index (κ3) is 3.73. The zero-order valence-electron chi connectivity index (χ0n) is 15.7. The summed E-state index contributed by atoms with van der Waals surface area (Å²) in [6, 6.07) is 18.8. The van der Waals surface area contributed by atoms with Gasteiger partial charge in [0.1, 0.15) is 0 Å². The molecule has 0 bridgehead atoms. The number of anilines is 2. The number of hydrogen-bond acceptors (Lipinski definition) is 3. The third-order valence-electron chi connectivity index (χ3n) is 4.97. The Balaban J connectivity index is 1.60. The molecule has 3 aromatic rings. The number of hydrogen-bond donors (Lipinski definition) is 1. The zero-order valence-corrected chi connectivity index (χ0v) is 17.3. The first kappa shape index (κ1) is 19.5. The molecule has 0 saturated carbocycles. The number of halogens is 1. The Morgan fingerprint density at radius 1 is 1.03 bits per heavy atom. The lowest BCUT2D eigenvalue weighted by Gasteiger charge is -2.19. The molecule has 0 radical (unpaired) electrons. The number of aryl methyl sites for hydroxylation is 1. The highest BCUT2D eigenvalue weighted by Gasteiger charge is 2.31. The minimum absolute atomic E-state index is 0.256. The molecule has 4 rings (SSSR count). The van der Waals surface area contributed by atoms with Gasteiger partial charge in [0.2, 0.25) is 0 Å². The summed E-state index contributed by atoms with van der Waals surface area (Å²) >= 11 is 6.02. The van der Waals surface area contributed by atoms with E-state index in [0.29, 0.717) is 34.9 Å². The monoisotopic (exact) mass is 426 g/mol. The van der Waals surface area contributed by atoms with Gasteiger partial charge < -0.3 is 5.32 Å². The molecular formula is C22H19ClN2O3S. The molecule has 0 atom stereocenters. The van der Waals surface area contributed by atoms with Gasteiger partial charge in [0.25, 0.3) is 15.9 Å². The lowest BCUT2D eigenvalue weighted by molar-refractivity contribution is 0.102. The van der Waals surface area contributed by atoms with E-state index < -0.39 is 10.0 Å². The smallest absolute Gasteiger partial charge is 0.264 e. The van der Waals surface area contributed by atoms with Crippen LogP contribution < -0.4 is 9.62 Å². The van der Waals surface area contributed by atoms with Crippen molar-refractivity contribution in [3.8, 4) is 0 Å².